The summed E-state index contributed by atoms with van der Waals surface area (Å²) < 4.78 is 6.49. The van der Waals surface area contributed by atoms with Crippen LogP contribution < -0.4 is 0 Å². The van der Waals surface area contributed by atoms with Crippen LogP contribution >= 0.6 is 0 Å². The predicted molar refractivity (Wildman–Crippen MR) is 64.5 cm³/mol. The fourth-order valence-corrected chi connectivity index (χ4v) is 1.49. The second-order valence-corrected chi connectivity index (χ2v) is 3.84. The maximum Gasteiger partial charge on any atom is 0.337 e. The van der Waals surface area contributed by atoms with Gasteiger partial charge in [0.25, 0.3) is 0 Å². The summed E-state index contributed by atoms with van der Waals surface area (Å²) in [6.45, 7) is 0.260. The number of aromatic nitrogens is 2. The van der Waals surface area contributed by atoms with E-state index in [0.717, 1.165) is 5.56 Å². The highest BCUT2D eigenvalue weighted by Gasteiger charge is 2.17. The number of carbonyl (C=O) groups is 1. The Morgan fingerprint density at radius 2 is 2.11 bits per heavy atom. The molecule has 1 aromatic heterocycles. The van der Waals surface area contributed by atoms with Gasteiger partial charge in [-0.1, -0.05) is 30.3 Å². The SMILES string of the molecule is O=C(OCc1ccccc1)[C@H](O)Cn1cccn1. The predicted octanol–water partition coefficient (Wildman–Crippen LogP) is 0.987. The molecule has 0 fully saturated rings. The van der Waals surface area contributed by atoms with Gasteiger partial charge in [0, 0.05) is 12.4 Å². The van der Waals surface area contributed by atoms with Gasteiger partial charge < -0.3 is 9.84 Å². The Labute approximate surface area is 105 Å². The van der Waals surface area contributed by atoms with Crippen LogP contribution in [0.2, 0.25) is 0 Å². The molecule has 0 aliphatic heterocycles. The first-order valence-electron chi connectivity index (χ1n) is 5.62. The molecule has 0 unspecified atom stereocenters. The lowest BCUT2D eigenvalue weighted by Gasteiger charge is -2.10. The van der Waals surface area contributed by atoms with Crippen LogP contribution in [0.5, 0.6) is 0 Å². The van der Waals surface area contributed by atoms with E-state index in [1.165, 1.54) is 4.68 Å². The van der Waals surface area contributed by atoms with Gasteiger partial charge in [0.1, 0.15) is 6.61 Å². The number of esters is 1. The summed E-state index contributed by atoms with van der Waals surface area (Å²) in [6.07, 6.45) is 2.06. The van der Waals surface area contributed by atoms with Crippen molar-refractivity contribution in [3.63, 3.8) is 0 Å². The van der Waals surface area contributed by atoms with Gasteiger partial charge in [0.2, 0.25) is 0 Å². The molecule has 1 heterocycles. The zero-order valence-electron chi connectivity index (χ0n) is 9.77. The van der Waals surface area contributed by atoms with E-state index in [1.807, 2.05) is 30.3 Å². The third-order valence-electron chi connectivity index (χ3n) is 2.42. The second-order valence-electron chi connectivity index (χ2n) is 3.84. The zero-order chi connectivity index (χ0) is 12.8. The van der Waals surface area contributed by atoms with E-state index in [0.29, 0.717) is 0 Å². The average molecular weight is 246 g/mol. The number of aliphatic hydroxyl groups is 1. The van der Waals surface area contributed by atoms with Crippen LogP contribution in [0.15, 0.2) is 48.8 Å². The summed E-state index contributed by atoms with van der Waals surface area (Å²) in [6, 6.07) is 11.0. The summed E-state index contributed by atoms with van der Waals surface area (Å²) in [7, 11) is 0. The van der Waals surface area contributed by atoms with Crippen molar-refractivity contribution in [3.8, 4) is 0 Å². The summed E-state index contributed by atoms with van der Waals surface area (Å²) in [4.78, 5) is 11.5. The number of nitrogens with zero attached hydrogens (tertiary/aromatic N) is 2. The Morgan fingerprint density at radius 3 is 2.78 bits per heavy atom. The molecule has 1 aromatic carbocycles. The van der Waals surface area contributed by atoms with Gasteiger partial charge in [0.15, 0.2) is 6.10 Å². The molecule has 94 valence electrons. The van der Waals surface area contributed by atoms with Gasteiger partial charge in [-0.15, -0.1) is 0 Å². The Hall–Kier alpha value is -2.14. The van der Waals surface area contributed by atoms with Gasteiger partial charge >= 0.3 is 5.97 Å². The highest BCUT2D eigenvalue weighted by atomic mass is 16.5. The van der Waals surface area contributed by atoms with E-state index in [9.17, 15) is 9.90 Å². The van der Waals surface area contributed by atoms with Gasteiger partial charge in [-0.25, -0.2) is 4.79 Å². The lowest BCUT2D eigenvalue weighted by molar-refractivity contribution is -0.155. The molecule has 0 saturated carbocycles. The molecular formula is C13H14N2O3. The minimum atomic E-state index is -1.20. The molecular weight excluding hydrogens is 232 g/mol. The smallest absolute Gasteiger partial charge is 0.337 e. The molecule has 2 aromatic rings. The van der Waals surface area contributed by atoms with Gasteiger partial charge in [-0.2, -0.15) is 5.10 Å². The lowest BCUT2D eigenvalue weighted by atomic mass is 10.2. The zero-order valence-corrected chi connectivity index (χ0v) is 9.77. The van der Waals surface area contributed by atoms with E-state index in [4.69, 9.17) is 4.74 Å². The van der Waals surface area contributed by atoms with Crippen molar-refractivity contribution in [2.45, 2.75) is 19.3 Å². The minimum absolute atomic E-state index is 0.0978. The van der Waals surface area contributed by atoms with Crippen molar-refractivity contribution in [2.75, 3.05) is 0 Å². The van der Waals surface area contributed by atoms with E-state index in [1.54, 1.807) is 18.5 Å². The van der Waals surface area contributed by atoms with Crippen molar-refractivity contribution >= 4 is 5.97 Å². The van der Waals surface area contributed by atoms with E-state index >= 15 is 0 Å². The summed E-state index contributed by atoms with van der Waals surface area (Å²) >= 11 is 0. The first-order valence-corrected chi connectivity index (χ1v) is 5.62. The number of benzene rings is 1. The topological polar surface area (TPSA) is 64.3 Å². The molecule has 1 N–H and O–H groups in total. The first kappa shape index (κ1) is 12.3. The standard InChI is InChI=1S/C13H14N2O3/c16-12(9-15-8-4-7-14-15)13(17)18-10-11-5-2-1-3-6-11/h1-8,12,16H,9-10H2/t12-/m1/s1. The lowest BCUT2D eigenvalue weighted by Crippen LogP contribution is -2.28. The number of aliphatic hydroxyl groups excluding tert-OH is 1. The maximum absolute atomic E-state index is 11.5. The molecule has 0 spiro atoms. The monoisotopic (exact) mass is 246 g/mol. The largest absolute Gasteiger partial charge is 0.459 e. The molecule has 0 aliphatic rings. The molecule has 1 atom stereocenters. The molecule has 0 aliphatic carbocycles. The Morgan fingerprint density at radius 1 is 1.33 bits per heavy atom. The fourth-order valence-electron chi connectivity index (χ4n) is 1.49. The molecule has 5 nitrogen and oxygen atoms in total. The average Bonchev–Trinajstić information content (AvgIpc) is 2.90. The van der Waals surface area contributed by atoms with Gasteiger partial charge in [-0.3, -0.25) is 4.68 Å². The quantitative estimate of drug-likeness (QED) is 0.799. The molecule has 2 rings (SSSR count). The van der Waals surface area contributed by atoms with Crippen LogP contribution in [0.25, 0.3) is 0 Å². The Balaban J connectivity index is 1.81. The van der Waals surface area contributed by atoms with E-state index < -0.39 is 12.1 Å². The van der Waals surface area contributed by atoms with Crippen molar-refractivity contribution in [2.24, 2.45) is 0 Å². The highest BCUT2D eigenvalue weighted by molar-refractivity contribution is 5.74. The van der Waals surface area contributed by atoms with E-state index in [-0.39, 0.29) is 13.2 Å². The Bertz CT molecular complexity index is 482. The third kappa shape index (κ3) is 3.43. The minimum Gasteiger partial charge on any atom is -0.459 e. The van der Waals surface area contributed by atoms with Gasteiger partial charge in [0.05, 0.1) is 6.54 Å². The third-order valence-corrected chi connectivity index (χ3v) is 2.42. The Kier molecular flexibility index (Phi) is 4.09. The highest BCUT2D eigenvalue weighted by Crippen LogP contribution is 2.02. The molecule has 18 heavy (non-hydrogen) atoms. The molecule has 0 radical (unpaired) electrons. The van der Waals surface area contributed by atoms with Crippen molar-refractivity contribution in [3.05, 3.63) is 54.4 Å². The summed E-state index contributed by atoms with van der Waals surface area (Å²) in [5.74, 6) is -0.644. The molecule has 5 heteroatoms. The number of rotatable bonds is 5. The van der Waals surface area contributed by atoms with Crippen molar-refractivity contribution in [1.82, 2.24) is 9.78 Å². The summed E-state index contributed by atoms with van der Waals surface area (Å²) in [5.41, 5.74) is 0.886. The van der Waals surface area contributed by atoms with Gasteiger partial charge in [-0.05, 0) is 11.6 Å². The summed E-state index contributed by atoms with van der Waals surface area (Å²) in [5, 5.41) is 13.5. The van der Waals surface area contributed by atoms with Crippen LogP contribution in [0.4, 0.5) is 0 Å². The van der Waals surface area contributed by atoms with Crippen LogP contribution in [-0.4, -0.2) is 27.0 Å². The van der Waals surface area contributed by atoms with Crippen molar-refractivity contribution in [1.29, 1.82) is 0 Å². The number of hydrogen-bond acceptors (Lipinski definition) is 4. The number of hydrogen-bond donors (Lipinski definition) is 1. The van der Waals surface area contributed by atoms with Crippen LogP contribution in [0.1, 0.15) is 5.56 Å². The van der Waals surface area contributed by atoms with Crippen LogP contribution in [-0.2, 0) is 22.7 Å². The van der Waals surface area contributed by atoms with Crippen molar-refractivity contribution < 1.29 is 14.6 Å². The van der Waals surface area contributed by atoms with Crippen LogP contribution in [0, 0.1) is 0 Å². The molecule has 0 amide bonds. The first-order chi connectivity index (χ1) is 8.75. The fraction of sp³-hybridized carbons (Fsp3) is 0.231. The van der Waals surface area contributed by atoms with E-state index in [2.05, 4.69) is 5.10 Å². The number of ether oxygens (including phenoxy) is 1. The molecule has 0 saturated heterocycles. The second kappa shape index (κ2) is 5.97. The maximum atomic E-state index is 11.5. The normalized spacial score (nSPS) is 12.1. The number of carbonyl (C=O) groups excluding carboxylic acids is 1. The molecule has 0 bridgehead atoms. The van der Waals surface area contributed by atoms with Crippen LogP contribution in [0.3, 0.4) is 0 Å².